The number of nitrogens with one attached hydrogen (secondary N) is 1. The summed E-state index contributed by atoms with van der Waals surface area (Å²) in [7, 11) is 0. The van der Waals surface area contributed by atoms with Gasteiger partial charge in [-0.05, 0) is 12.5 Å². The first kappa shape index (κ1) is 13.9. The summed E-state index contributed by atoms with van der Waals surface area (Å²) in [5.41, 5.74) is 0.666. The minimum absolute atomic E-state index is 0.0994. The van der Waals surface area contributed by atoms with Gasteiger partial charge in [0.2, 0.25) is 0 Å². The zero-order valence-corrected chi connectivity index (χ0v) is 11.2. The van der Waals surface area contributed by atoms with Crippen molar-refractivity contribution < 1.29 is 9.90 Å². The Morgan fingerprint density at radius 1 is 1.30 bits per heavy atom. The number of benzene rings is 1. The largest absolute Gasteiger partial charge is 0.507 e. The summed E-state index contributed by atoms with van der Waals surface area (Å²) in [4.78, 5) is 27.4. The maximum atomic E-state index is 12.4. The minimum atomic E-state index is -0.440. The summed E-state index contributed by atoms with van der Waals surface area (Å²) < 4.78 is 0. The van der Waals surface area contributed by atoms with Crippen LogP contribution in [0, 0.1) is 0 Å². The van der Waals surface area contributed by atoms with Crippen LogP contribution in [0.25, 0.3) is 0 Å². The monoisotopic (exact) mass is 272 g/mol. The number of aromatic amines is 1. The summed E-state index contributed by atoms with van der Waals surface area (Å²) >= 11 is 0. The van der Waals surface area contributed by atoms with E-state index in [-0.39, 0.29) is 17.2 Å². The molecule has 0 saturated carbocycles. The lowest BCUT2D eigenvalue weighted by Crippen LogP contribution is -2.30. The average molecular weight is 272 g/mol. The third-order valence-electron chi connectivity index (χ3n) is 3.02. The molecule has 0 fully saturated rings. The Bertz CT molecular complexity index is 650. The second kappa shape index (κ2) is 6.06. The summed E-state index contributed by atoms with van der Waals surface area (Å²) in [5, 5.41) is 9.70. The van der Waals surface area contributed by atoms with Gasteiger partial charge < -0.3 is 15.0 Å². The van der Waals surface area contributed by atoms with Crippen molar-refractivity contribution in [2.45, 2.75) is 13.5 Å². The van der Waals surface area contributed by atoms with E-state index >= 15 is 0 Å². The molecular weight excluding hydrogens is 256 g/mol. The van der Waals surface area contributed by atoms with E-state index in [0.717, 1.165) is 11.6 Å². The maximum absolute atomic E-state index is 12.4. The number of hydrogen-bond acceptors (Lipinski definition) is 3. The first-order chi connectivity index (χ1) is 9.61. The normalized spacial score (nSPS) is 10.2. The molecule has 1 amide bonds. The highest BCUT2D eigenvalue weighted by Crippen LogP contribution is 2.16. The summed E-state index contributed by atoms with van der Waals surface area (Å²) in [6, 6.07) is 10.6. The summed E-state index contributed by atoms with van der Waals surface area (Å²) in [6.45, 7) is 2.82. The van der Waals surface area contributed by atoms with E-state index in [0.29, 0.717) is 13.1 Å². The Morgan fingerprint density at radius 2 is 2.00 bits per heavy atom. The molecule has 0 saturated heterocycles. The second-order valence-corrected chi connectivity index (χ2v) is 4.40. The van der Waals surface area contributed by atoms with Gasteiger partial charge in [0, 0.05) is 25.4 Å². The van der Waals surface area contributed by atoms with Gasteiger partial charge in [-0.2, -0.15) is 0 Å². The van der Waals surface area contributed by atoms with Gasteiger partial charge in [0.25, 0.3) is 11.5 Å². The predicted octanol–water partition coefficient (Wildman–Crippen LogP) is 1.74. The molecule has 1 aromatic heterocycles. The minimum Gasteiger partial charge on any atom is -0.507 e. The van der Waals surface area contributed by atoms with Crippen molar-refractivity contribution in [3.8, 4) is 5.75 Å². The highest BCUT2D eigenvalue weighted by atomic mass is 16.3. The first-order valence-electron chi connectivity index (χ1n) is 6.36. The Hall–Kier alpha value is -2.56. The molecule has 0 aliphatic carbocycles. The number of H-pyrrole nitrogens is 1. The van der Waals surface area contributed by atoms with Gasteiger partial charge in [0.1, 0.15) is 5.75 Å². The van der Waals surface area contributed by atoms with Crippen molar-refractivity contribution in [1.29, 1.82) is 0 Å². The fraction of sp³-hybridized carbons (Fsp3) is 0.200. The second-order valence-electron chi connectivity index (χ2n) is 4.40. The molecule has 2 rings (SSSR count). The zero-order chi connectivity index (χ0) is 14.5. The number of amides is 1. The number of carbonyl (C=O) groups excluding carboxylic acids is 1. The molecule has 0 spiro atoms. The molecule has 0 radical (unpaired) electrons. The quantitative estimate of drug-likeness (QED) is 0.890. The molecule has 20 heavy (non-hydrogen) atoms. The van der Waals surface area contributed by atoms with E-state index in [1.807, 2.05) is 37.3 Å². The van der Waals surface area contributed by atoms with E-state index < -0.39 is 5.56 Å². The van der Waals surface area contributed by atoms with Gasteiger partial charge in [0.15, 0.2) is 0 Å². The average Bonchev–Trinajstić information content (AvgIpc) is 2.45. The van der Waals surface area contributed by atoms with Crippen molar-refractivity contribution in [3.63, 3.8) is 0 Å². The van der Waals surface area contributed by atoms with Crippen molar-refractivity contribution in [3.05, 3.63) is 64.1 Å². The third-order valence-corrected chi connectivity index (χ3v) is 3.02. The zero-order valence-electron chi connectivity index (χ0n) is 11.2. The smallest absolute Gasteiger partial charge is 0.259 e. The molecule has 2 aromatic rings. The number of carbonyl (C=O) groups is 1. The van der Waals surface area contributed by atoms with Gasteiger partial charge in [-0.1, -0.05) is 30.3 Å². The molecular formula is C15H16N2O3. The number of rotatable bonds is 4. The van der Waals surface area contributed by atoms with Crippen LogP contribution in [-0.2, 0) is 6.54 Å². The summed E-state index contributed by atoms with van der Waals surface area (Å²) in [6.07, 6.45) is 1.24. The topological polar surface area (TPSA) is 73.4 Å². The lowest BCUT2D eigenvalue weighted by atomic mass is 10.2. The van der Waals surface area contributed by atoms with Crippen molar-refractivity contribution in [2.24, 2.45) is 0 Å². The van der Waals surface area contributed by atoms with Crippen LogP contribution in [0.2, 0.25) is 0 Å². The standard InChI is InChI=1S/C15H16N2O3/c1-2-17(10-11-6-4-3-5-7-11)15(20)12-9-16-14(19)8-13(12)18/h3-9H,2,10H2,1H3,(H2,16,18,19). The van der Waals surface area contributed by atoms with E-state index in [1.165, 1.54) is 6.20 Å². The van der Waals surface area contributed by atoms with Crippen LogP contribution >= 0.6 is 0 Å². The Labute approximate surface area is 116 Å². The van der Waals surface area contributed by atoms with Gasteiger partial charge in [-0.15, -0.1) is 0 Å². The van der Waals surface area contributed by atoms with Gasteiger partial charge in [-0.25, -0.2) is 0 Å². The molecule has 5 nitrogen and oxygen atoms in total. The number of hydrogen-bond donors (Lipinski definition) is 2. The number of nitrogens with zero attached hydrogens (tertiary/aromatic N) is 1. The van der Waals surface area contributed by atoms with E-state index in [2.05, 4.69) is 4.98 Å². The Kier molecular flexibility index (Phi) is 4.20. The fourth-order valence-corrected chi connectivity index (χ4v) is 1.93. The predicted molar refractivity (Wildman–Crippen MR) is 75.6 cm³/mol. The lowest BCUT2D eigenvalue weighted by molar-refractivity contribution is 0.0749. The fourth-order valence-electron chi connectivity index (χ4n) is 1.93. The molecule has 2 N–H and O–H groups in total. The molecule has 104 valence electrons. The Morgan fingerprint density at radius 3 is 2.60 bits per heavy atom. The first-order valence-corrected chi connectivity index (χ1v) is 6.36. The highest BCUT2D eigenvalue weighted by Gasteiger charge is 2.18. The number of aromatic nitrogens is 1. The number of aromatic hydroxyl groups is 1. The van der Waals surface area contributed by atoms with Crippen molar-refractivity contribution >= 4 is 5.91 Å². The van der Waals surface area contributed by atoms with E-state index in [9.17, 15) is 14.7 Å². The van der Waals surface area contributed by atoms with Gasteiger partial charge in [0.05, 0.1) is 5.56 Å². The Balaban J connectivity index is 2.23. The highest BCUT2D eigenvalue weighted by molar-refractivity contribution is 5.96. The van der Waals surface area contributed by atoms with Gasteiger partial charge >= 0.3 is 0 Å². The molecule has 0 aliphatic heterocycles. The maximum Gasteiger partial charge on any atom is 0.259 e. The van der Waals surface area contributed by atoms with Crippen LogP contribution in [0.1, 0.15) is 22.8 Å². The molecule has 0 unspecified atom stereocenters. The third kappa shape index (κ3) is 3.06. The van der Waals surface area contributed by atoms with Crippen LogP contribution < -0.4 is 5.56 Å². The molecule has 0 aliphatic rings. The lowest BCUT2D eigenvalue weighted by Gasteiger charge is -2.21. The SMILES string of the molecule is CCN(Cc1ccccc1)C(=O)c1c[nH]c(=O)cc1O. The van der Waals surface area contributed by atoms with Crippen LogP contribution in [0.15, 0.2) is 47.4 Å². The molecule has 1 heterocycles. The molecule has 1 aromatic carbocycles. The van der Waals surface area contributed by atoms with E-state index in [1.54, 1.807) is 4.90 Å². The van der Waals surface area contributed by atoms with E-state index in [4.69, 9.17) is 0 Å². The van der Waals surface area contributed by atoms with Crippen LogP contribution in [0.5, 0.6) is 5.75 Å². The molecule has 0 atom stereocenters. The van der Waals surface area contributed by atoms with Crippen molar-refractivity contribution in [2.75, 3.05) is 6.54 Å². The molecule has 5 heteroatoms. The van der Waals surface area contributed by atoms with Crippen LogP contribution in [-0.4, -0.2) is 27.4 Å². The van der Waals surface area contributed by atoms with Crippen LogP contribution in [0.4, 0.5) is 0 Å². The molecule has 0 bridgehead atoms. The summed E-state index contributed by atoms with van der Waals surface area (Å²) in [5.74, 6) is -0.615. The van der Waals surface area contributed by atoms with Gasteiger partial charge in [-0.3, -0.25) is 9.59 Å². The van der Waals surface area contributed by atoms with Crippen LogP contribution in [0.3, 0.4) is 0 Å². The number of pyridine rings is 1. The van der Waals surface area contributed by atoms with Crippen molar-refractivity contribution in [1.82, 2.24) is 9.88 Å².